The number of alkyl halides is 3. The van der Waals surface area contributed by atoms with Crippen LogP contribution in [-0.2, 0) is 6.18 Å². The largest absolute Gasteiger partial charge is 0.418 e. The summed E-state index contributed by atoms with van der Waals surface area (Å²) >= 11 is 5.75. The van der Waals surface area contributed by atoms with Crippen LogP contribution in [0.4, 0.5) is 13.2 Å². The van der Waals surface area contributed by atoms with Crippen LogP contribution in [0.15, 0.2) is 18.2 Å². The highest BCUT2D eigenvalue weighted by atomic mass is 35.5. The van der Waals surface area contributed by atoms with Gasteiger partial charge in [0.25, 0.3) is 0 Å². The molecule has 15 heavy (non-hydrogen) atoms. The van der Waals surface area contributed by atoms with E-state index in [-0.39, 0.29) is 10.7 Å². The van der Waals surface area contributed by atoms with Crippen LogP contribution in [0.25, 0.3) is 10.9 Å². The predicted octanol–water partition coefficient (Wildman–Crippen LogP) is 4.15. The minimum atomic E-state index is -4.36. The Morgan fingerprint density at radius 3 is 2.53 bits per heavy atom. The highest BCUT2D eigenvalue weighted by Gasteiger charge is 2.33. The number of para-hydroxylation sites is 1. The maximum absolute atomic E-state index is 12.6. The van der Waals surface area contributed by atoms with Crippen LogP contribution in [0.3, 0.4) is 0 Å². The van der Waals surface area contributed by atoms with Crippen molar-refractivity contribution in [3.63, 3.8) is 0 Å². The van der Waals surface area contributed by atoms with Gasteiger partial charge in [-0.15, -0.1) is 0 Å². The molecule has 5 heteroatoms. The molecule has 2 aromatic rings. The molecule has 0 saturated carbocycles. The first kappa shape index (κ1) is 10.4. The van der Waals surface area contributed by atoms with Gasteiger partial charge in [-0.3, -0.25) is 0 Å². The fourth-order valence-corrected chi connectivity index (χ4v) is 1.75. The summed E-state index contributed by atoms with van der Waals surface area (Å²) in [5.41, 5.74) is 0.000247. The summed E-state index contributed by atoms with van der Waals surface area (Å²) in [7, 11) is 0. The van der Waals surface area contributed by atoms with Crippen LogP contribution < -0.4 is 0 Å². The van der Waals surface area contributed by atoms with Gasteiger partial charge in [-0.25, -0.2) is 0 Å². The van der Waals surface area contributed by atoms with Crippen molar-refractivity contribution in [2.75, 3.05) is 0 Å². The molecule has 0 aliphatic rings. The van der Waals surface area contributed by atoms with Crippen molar-refractivity contribution in [3.05, 3.63) is 34.5 Å². The standard InChI is InChI=1S/C10H7ClF3N/c1-5-6-3-2-4-7(10(12,13)14)8(6)15-9(5)11/h2-4,15H,1H3. The molecule has 1 N–H and O–H groups in total. The first-order chi connectivity index (χ1) is 6.91. The minimum Gasteiger partial charge on any atom is -0.345 e. The number of aromatic nitrogens is 1. The Morgan fingerprint density at radius 1 is 1.27 bits per heavy atom. The maximum Gasteiger partial charge on any atom is 0.418 e. The number of nitrogens with one attached hydrogen (secondary N) is 1. The van der Waals surface area contributed by atoms with Crippen molar-refractivity contribution in [3.8, 4) is 0 Å². The number of H-pyrrole nitrogens is 1. The Bertz CT molecular complexity index is 513. The highest BCUT2D eigenvalue weighted by molar-refractivity contribution is 6.31. The van der Waals surface area contributed by atoms with E-state index in [1.54, 1.807) is 13.0 Å². The summed E-state index contributed by atoms with van der Waals surface area (Å²) in [6.45, 7) is 1.68. The fraction of sp³-hybridized carbons (Fsp3) is 0.200. The quantitative estimate of drug-likeness (QED) is 0.704. The lowest BCUT2D eigenvalue weighted by molar-refractivity contribution is -0.136. The minimum absolute atomic E-state index is 0.0486. The van der Waals surface area contributed by atoms with Gasteiger partial charge in [0.1, 0.15) is 5.15 Å². The molecule has 80 valence electrons. The second kappa shape index (κ2) is 3.17. The van der Waals surface area contributed by atoms with Crippen LogP contribution in [0.5, 0.6) is 0 Å². The number of halogens is 4. The van der Waals surface area contributed by atoms with E-state index >= 15 is 0 Å². The van der Waals surface area contributed by atoms with Gasteiger partial charge in [0.15, 0.2) is 0 Å². The van der Waals surface area contributed by atoms with Gasteiger partial charge in [-0.2, -0.15) is 13.2 Å². The Morgan fingerprint density at radius 2 is 1.93 bits per heavy atom. The van der Waals surface area contributed by atoms with E-state index in [1.807, 2.05) is 0 Å². The van der Waals surface area contributed by atoms with Crippen molar-refractivity contribution < 1.29 is 13.2 Å². The molecule has 0 spiro atoms. The van der Waals surface area contributed by atoms with Gasteiger partial charge in [-0.05, 0) is 18.6 Å². The van der Waals surface area contributed by atoms with E-state index < -0.39 is 11.7 Å². The molecule has 0 atom stereocenters. The Hall–Kier alpha value is -1.16. The smallest absolute Gasteiger partial charge is 0.345 e. The molecule has 0 bridgehead atoms. The van der Waals surface area contributed by atoms with Gasteiger partial charge in [0.2, 0.25) is 0 Å². The monoisotopic (exact) mass is 233 g/mol. The van der Waals surface area contributed by atoms with Crippen LogP contribution in [-0.4, -0.2) is 4.98 Å². The number of aryl methyl sites for hydroxylation is 1. The van der Waals surface area contributed by atoms with Crippen molar-refractivity contribution in [1.82, 2.24) is 4.98 Å². The summed E-state index contributed by atoms with van der Waals surface area (Å²) in [5.74, 6) is 0. The first-order valence-corrected chi connectivity index (χ1v) is 4.63. The predicted molar refractivity (Wildman–Crippen MR) is 53.0 cm³/mol. The van der Waals surface area contributed by atoms with Crippen molar-refractivity contribution in [2.45, 2.75) is 13.1 Å². The van der Waals surface area contributed by atoms with Gasteiger partial charge in [0.05, 0.1) is 11.1 Å². The SMILES string of the molecule is Cc1c(Cl)[nH]c2c(C(F)(F)F)cccc12. The topological polar surface area (TPSA) is 15.8 Å². The van der Waals surface area contributed by atoms with Gasteiger partial charge < -0.3 is 4.98 Å². The molecule has 1 aromatic carbocycles. The second-order valence-electron chi connectivity index (χ2n) is 3.29. The third-order valence-electron chi connectivity index (χ3n) is 2.34. The molecule has 1 nitrogen and oxygen atoms in total. The Labute approximate surface area is 88.9 Å². The fourth-order valence-electron chi connectivity index (χ4n) is 1.56. The summed E-state index contributed by atoms with van der Waals surface area (Å²) in [4.78, 5) is 2.55. The summed E-state index contributed by atoms with van der Waals surface area (Å²) in [5, 5.41) is 0.761. The number of benzene rings is 1. The van der Waals surface area contributed by atoms with Crippen LogP contribution >= 0.6 is 11.6 Å². The maximum atomic E-state index is 12.6. The average Bonchev–Trinajstić information content (AvgIpc) is 2.41. The zero-order valence-electron chi connectivity index (χ0n) is 7.74. The van der Waals surface area contributed by atoms with Gasteiger partial charge >= 0.3 is 6.18 Å². The van der Waals surface area contributed by atoms with E-state index in [0.717, 1.165) is 6.07 Å². The molecule has 0 aliphatic carbocycles. The van der Waals surface area contributed by atoms with E-state index in [1.165, 1.54) is 6.07 Å². The summed E-state index contributed by atoms with van der Waals surface area (Å²) < 4.78 is 37.8. The number of fused-ring (bicyclic) bond motifs is 1. The third-order valence-corrected chi connectivity index (χ3v) is 2.72. The number of aromatic amines is 1. The van der Waals surface area contributed by atoms with Crippen molar-refractivity contribution >= 4 is 22.5 Å². The molecule has 0 amide bonds. The lowest BCUT2D eigenvalue weighted by Crippen LogP contribution is -2.05. The molecule has 1 aromatic heterocycles. The van der Waals surface area contributed by atoms with Gasteiger partial charge in [-0.1, -0.05) is 23.7 Å². The molecule has 1 heterocycles. The van der Waals surface area contributed by atoms with Crippen LogP contribution in [0.1, 0.15) is 11.1 Å². The van der Waals surface area contributed by atoms with Crippen molar-refractivity contribution in [2.24, 2.45) is 0 Å². The number of hydrogen-bond donors (Lipinski definition) is 1. The van der Waals surface area contributed by atoms with Gasteiger partial charge in [0, 0.05) is 5.39 Å². The number of hydrogen-bond acceptors (Lipinski definition) is 0. The Kier molecular flexibility index (Phi) is 2.19. The van der Waals surface area contributed by atoms with E-state index in [9.17, 15) is 13.2 Å². The summed E-state index contributed by atoms with van der Waals surface area (Å²) in [6.07, 6.45) is -4.36. The molecule has 0 radical (unpaired) electrons. The average molecular weight is 234 g/mol. The van der Waals surface area contributed by atoms with E-state index in [4.69, 9.17) is 11.6 Å². The third kappa shape index (κ3) is 1.59. The lowest BCUT2D eigenvalue weighted by atomic mass is 10.1. The first-order valence-electron chi connectivity index (χ1n) is 4.25. The van der Waals surface area contributed by atoms with E-state index in [2.05, 4.69) is 4.98 Å². The zero-order valence-corrected chi connectivity index (χ0v) is 8.50. The lowest BCUT2D eigenvalue weighted by Gasteiger charge is -2.07. The number of rotatable bonds is 0. The Balaban J connectivity index is 2.83. The van der Waals surface area contributed by atoms with Crippen molar-refractivity contribution in [1.29, 1.82) is 0 Å². The molecule has 2 rings (SSSR count). The molecule has 0 unspecified atom stereocenters. The van der Waals surface area contributed by atoms with E-state index in [0.29, 0.717) is 10.9 Å². The normalized spacial score (nSPS) is 12.3. The molecule has 0 fully saturated rings. The second-order valence-corrected chi connectivity index (χ2v) is 3.67. The molecular weight excluding hydrogens is 227 g/mol. The molecule has 0 aliphatic heterocycles. The zero-order chi connectivity index (χ0) is 11.2. The van der Waals surface area contributed by atoms with Crippen LogP contribution in [0, 0.1) is 6.92 Å². The molecule has 0 saturated heterocycles. The molecular formula is C10H7ClF3N. The highest BCUT2D eigenvalue weighted by Crippen LogP contribution is 2.36. The summed E-state index contributed by atoms with van der Waals surface area (Å²) in [6, 6.07) is 4.03. The van der Waals surface area contributed by atoms with Crippen LogP contribution in [0.2, 0.25) is 5.15 Å².